The van der Waals surface area contributed by atoms with E-state index in [1.54, 1.807) is 30.9 Å². The van der Waals surface area contributed by atoms with Gasteiger partial charge in [-0.3, -0.25) is 19.3 Å². The van der Waals surface area contributed by atoms with Crippen LogP contribution in [0.15, 0.2) is 24.4 Å². The first-order valence-electron chi connectivity index (χ1n) is 10.2. The highest BCUT2D eigenvalue weighted by Gasteiger charge is 2.33. The van der Waals surface area contributed by atoms with E-state index in [2.05, 4.69) is 22.1 Å². The normalized spacial score (nSPS) is 19.7. The van der Waals surface area contributed by atoms with Gasteiger partial charge in [0.25, 0.3) is 5.91 Å². The fraction of sp³-hybridized carbons (Fsp3) is 0.524. The number of aromatic nitrogens is 3. The molecule has 29 heavy (non-hydrogen) atoms. The fourth-order valence-electron chi connectivity index (χ4n) is 4.36. The predicted octanol–water partition coefficient (Wildman–Crippen LogP) is 1.77. The first-order chi connectivity index (χ1) is 13.9. The zero-order valence-electron chi connectivity index (χ0n) is 17.3. The number of hydrogen-bond acceptors (Lipinski definition) is 5. The minimum Gasteiger partial charge on any atom is -0.368 e. The van der Waals surface area contributed by atoms with E-state index in [0.717, 1.165) is 62.6 Å². The summed E-state index contributed by atoms with van der Waals surface area (Å²) in [6, 6.07) is 5.96. The van der Waals surface area contributed by atoms with Gasteiger partial charge >= 0.3 is 0 Å². The average molecular weight is 396 g/mol. The molecule has 2 fully saturated rings. The van der Waals surface area contributed by atoms with Crippen LogP contribution in [0.5, 0.6) is 0 Å². The van der Waals surface area contributed by atoms with E-state index in [-0.39, 0.29) is 17.9 Å². The van der Waals surface area contributed by atoms with Gasteiger partial charge in [-0.25, -0.2) is 0 Å². The van der Waals surface area contributed by atoms with Gasteiger partial charge < -0.3 is 14.7 Å². The number of carbonyl (C=O) groups excluding carboxylic acids is 2. The van der Waals surface area contributed by atoms with Crippen molar-refractivity contribution < 1.29 is 9.59 Å². The second-order valence-corrected chi connectivity index (χ2v) is 7.88. The van der Waals surface area contributed by atoms with Gasteiger partial charge in [0.05, 0.1) is 11.7 Å². The van der Waals surface area contributed by atoms with Gasteiger partial charge in [-0.1, -0.05) is 0 Å². The molecular formula is C21H28N6O2. The van der Waals surface area contributed by atoms with Crippen LogP contribution < -0.4 is 4.90 Å². The minimum absolute atomic E-state index is 0.00688. The lowest BCUT2D eigenvalue weighted by atomic mass is 10.1. The van der Waals surface area contributed by atoms with Crippen molar-refractivity contribution in [2.45, 2.75) is 32.7 Å². The van der Waals surface area contributed by atoms with Crippen molar-refractivity contribution in [1.82, 2.24) is 24.6 Å². The molecule has 8 nitrogen and oxygen atoms in total. The van der Waals surface area contributed by atoms with Crippen LogP contribution in [0.25, 0.3) is 0 Å². The Morgan fingerprint density at radius 3 is 2.52 bits per heavy atom. The SMILES string of the molecule is CC(=O)N1CCN(c2cc(C)nc(C3CCCN3C(=O)c3ccnn3C)c2)CC1. The highest BCUT2D eigenvalue weighted by atomic mass is 16.2. The summed E-state index contributed by atoms with van der Waals surface area (Å²) >= 11 is 0. The van der Waals surface area contributed by atoms with Crippen molar-refractivity contribution in [3.63, 3.8) is 0 Å². The first-order valence-corrected chi connectivity index (χ1v) is 10.2. The number of hydrogen-bond donors (Lipinski definition) is 0. The van der Waals surface area contributed by atoms with E-state index in [0.29, 0.717) is 5.69 Å². The van der Waals surface area contributed by atoms with Crippen molar-refractivity contribution in [3.8, 4) is 0 Å². The number of aryl methyl sites for hydroxylation is 2. The summed E-state index contributed by atoms with van der Waals surface area (Å²) in [6.07, 6.45) is 3.54. The Balaban J connectivity index is 1.56. The van der Waals surface area contributed by atoms with Crippen LogP contribution in [-0.4, -0.2) is 69.1 Å². The molecule has 2 aliphatic heterocycles. The van der Waals surface area contributed by atoms with Crippen molar-refractivity contribution in [2.24, 2.45) is 7.05 Å². The van der Waals surface area contributed by atoms with E-state index in [4.69, 9.17) is 4.98 Å². The molecule has 0 aromatic carbocycles. The Hall–Kier alpha value is -2.90. The summed E-state index contributed by atoms with van der Waals surface area (Å²) in [5.41, 5.74) is 3.62. The number of pyridine rings is 1. The number of likely N-dealkylation sites (tertiary alicyclic amines) is 1. The standard InChI is InChI=1S/C21H28N6O2/c1-15-13-17(26-11-9-25(10-12-26)16(2)28)14-18(23-15)19-5-4-8-27(19)21(29)20-6-7-22-24(20)3/h6-7,13-14,19H,4-5,8-12H2,1-3H3. The lowest BCUT2D eigenvalue weighted by Gasteiger charge is -2.36. The summed E-state index contributed by atoms with van der Waals surface area (Å²) < 4.78 is 1.63. The number of amides is 2. The summed E-state index contributed by atoms with van der Waals surface area (Å²) in [5.74, 6) is 0.138. The van der Waals surface area contributed by atoms with Gasteiger partial charge in [0.2, 0.25) is 5.91 Å². The molecule has 0 radical (unpaired) electrons. The fourth-order valence-corrected chi connectivity index (χ4v) is 4.36. The smallest absolute Gasteiger partial charge is 0.272 e. The van der Waals surface area contributed by atoms with E-state index in [9.17, 15) is 9.59 Å². The van der Waals surface area contributed by atoms with Crippen LogP contribution in [0, 0.1) is 6.92 Å². The van der Waals surface area contributed by atoms with E-state index in [1.165, 1.54) is 0 Å². The molecule has 8 heteroatoms. The number of carbonyl (C=O) groups is 2. The van der Waals surface area contributed by atoms with E-state index in [1.807, 2.05) is 16.7 Å². The number of anilines is 1. The molecule has 2 aromatic rings. The average Bonchev–Trinajstić information content (AvgIpc) is 3.36. The van der Waals surface area contributed by atoms with Gasteiger partial charge in [0.15, 0.2) is 0 Å². The minimum atomic E-state index is -0.0189. The second-order valence-electron chi connectivity index (χ2n) is 7.88. The van der Waals surface area contributed by atoms with Crippen molar-refractivity contribution in [2.75, 3.05) is 37.6 Å². The van der Waals surface area contributed by atoms with Crippen LogP contribution in [0.1, 0.15) is 47.7 Å². The topological polar surface area (TPSA) is 74.6 Å². The Morgan fingerprint density at radius 2 is 1.86 bits per heavy atom. The van der Waals surface area contributed by atoms with E-state index < -0.39 is 0 Å². The van der Waals surface area contributed by atoms with Crippen molar-refractivity contribution in [1.29, 1.82) is 0 Å². The van der Waals surface area contributed by atoms with Gasteiger partial charge in [-0.05, 0) is 38.0 Å². The third-order valence-electron chi connectivity index (χ3n) is 5.94. The lowest BCUT2D eigenvalue weighted by molar-refractivity contribution is -0.129. The molecule has 154 valence electrons. The quantitative estimate of drug-likeness (QED) is 0.791. The van der Waals surface area contributed by atoms with E-state index >= 15 is 0 Å². The maximum atomic E-state index is 13.1. The van der Waals surface area contributed by atoms with Gasteiger partial charge in [0.1, 0.15) is 5.69 Å². The van der Waals surface area contributed by atoms with Crippen molar-refractivity contribution in [3.05, 3.63) is 41.5 Å². The van der Waals surface area contributed by atoms with Crippen LogP contribution in [-0.2, 0) is 11.8 Å². The third kappa shape index (κ3) is 3.83. The molecule has 4 rings (SSSR count). The molecular weight excluding hydrogens is 368 g/mol. The second kappa shape index (κ2) is 7.85. The van der Waals surface area contributed by atoms with Gasteiger partial charge in [-0.15, -0.1) is 0 Å². The maximum absolute atomic E-state index is 13.1. The number of piperazine rings is 1. The summed E-state index contributed by atoms with van der Waals surface area (Å²) in [4.78, 5) is 35.6. The van der Waals surface area contributed by atoms with Gasteiger partial charge in [-0.2, -0.15) is 5.10 Å². The Labute approximate surface area is 171 Å². The molecule has 1 unspecified atom stereocenters. The van der Waals surface area contributed by atoms with Crippen LogP contribution in [0.3, 0.4) is 0 Å². The Morgan fingerprint density at radius 1 is 1.10 bits per heavy atom. The molecule has 0 aliphatic carbocycles. The van der Waals surface area contributed by atoms with Gasteiger partial charge in [0, 0.05) is 64.3 Å². The third-order valence-corrected chi connectivity index (χ3v) is 5.94. The molecule has 0 bridgehead atoms. The zero-order valence-corrected chi connectivity index (χ0v) is 17.3. The number of rotatable bonds is 3. The molecule has 0 N–H and O–H groups in total. The highest BCUT2D eigenvalue weighted by molar-refractivity contribution is 5.93. The molecule has 0 spiro atoms. The van der Waals surface area contributed by atoms with Crippen LogP contribution in [0.4, 0.5) is 5.69 Å². The molecule has 2 saturated heterocycles. The maximum Gasteiger partial charge on any atom is 0.272 e. The predicted molar refractivity (Wildman–Crippen MR) is 110 cm³/mol. The summed E-state index contributed by atoms with van der Waals surface area (Å²) in [6.45, 7) is 7.45. The summed E-state index contributed by atoms with van der Waals surface area (Å²) in [7, 11) is 1.79. The Kier molecular flexibility index (Phi) is 5.25. The molecule has 2 aromatic heterocycles. The first kappa shape index (κ1) is 19.4. The summed E-state index contributed by atoms with van der Waals surface area (Å²) in [5, 5.41) is 4.13. The molecule has 2 aliphatic rings. The molecule has 0 saturated carbocycles. The lowest BCUT2D eigenvalue weighted by Crippen LogP contribution is -2.48. The molecule has 1 atom stereocenters. The van der Waals surface area contributed by atoms with Crippen LogP contribution in [0.2, 0.25) is 0 Å². The molecule has 2 amide bonds. The Bertz CT molecular complexity index is 916. The van der Waals surface area contributed by atoms with Crippen molar-refractivity contribution >= 4 is 17.5 Å². The number of nitrogens with zero attached hydrogens (tertiary/aromatic N) is 6. The largest absolute Gasteiger partial charge is 0.368 e. The molecule has 4 heterocycles. The van der Waals surface area contributed by atoms with Crippen LogP contribution >= 0.6 is 0 Å². The highest BCUT2D eigenvalue weighted by Crippen LogP contribution is 2.34. The monoisotopic (exact) mass is 396 g/mol. The zero-order chi connectivity index (χ0) is 20.5.